The molecule has 1 aromatic rings. The fourth-order valence-corrected chi connectivity index (χ4v) is 4.03. The van der Waals surface area contributed by atoms with Crippen molar-refractivity contribution in [2.24, 2.45) is 17.0 Å². The van der Waals surface area contributed by atoms with Gasteiger partial charge >= 0.3 is 0 Å². The molecule has 0 saturated heterocycles. The molecule has 2 saturated carbocycles. The topological polar surface area (TPSA) is 64.5 Å². The van der Waals surface area contributed by atoms with Gasteiger partial charge in [-0.05, 0) is 19.3 Å². The zero-order valence-electron chi connectivity index (χ0n) is 11.8. The largest absolute Gasteiger partial charge is 0.711 e. The van der Waals surface area contributed by atoms with E-state index in [1.165, 1.54) is 6.42 Å². The molecule has 3 atom stereocenters. The van der Waals surface area contributed by atoms with Gasteiger partial charge in [-0.2, -0.15) is 0 Å². The lowest BCUT2D eigenvalue weighted by Gasteiger charge is -2.22. The summed E-state index contributed by atoms with van der Waals surface area (Å²) in [5, 5.41) is 25.1. The minimum absolute atomic E-state index is 0.0904. The van der Waals surface area contributed by atoms with Crippen LogP contribution < -0.4 is 4.73 Å². The van der Waals surface area contributed by atoms with Crippen LogP contribution in [0.3, 0.4) is 0 Å². The summed E-state index contributed by atoms with van der Waals surface area (Å²) in [5.74, 6) is 1.72. The first-order chi connectivity index (χ1) is 9.10. The van der Waals surface area contributed by atoms with Gasteiger partial charge in [-0.3, -0.25) is 0 Å². The van der Waals surface area contributed by atoms with E-state index in [1.807, 2.05) is 20.8 Å². The fraction of sp³-hybridized carbons (Fsp3) is 0.714. The minimum Gasteiger partial charge on any atom is -0.711 e. The minimum atomic E-state index is 0.0904. The Balaban J connectivity index is 2.15. The number of hydrogen-bond donors (Lipinski definition) is 1. The Labute approximate surface area is 113 Å². The van der Waals surface area contributed by atoms with Gasteiger partial charge < -0.3 is 10.4 Å². The molecule has 2 aliphatic carbocycles. The van der Waals surface area contributed by atoms with E-state index < -0.39 is 0 Å². The molecule has 0 aliphatic heterocycles. The van der Waals surface area contributed by atoms with E-state index in [-0.39, 0.29) is 6.04 Å². The lowest BCUT2D eigenvalue weighted by molar-refractivity contribution is -0.620. The Kier molecular flexibility index (Phi) is 2.80. The van der Waals surface area contributed by atoms with Gasteiger partial charge in [0.2, 0.25) is 0 Å². The second-order valence-corrected chi connectivity index (χ2v) is 5.84. The predicted octanol–water partition coefficient (Wildman–Crippen LogP) is 2.10. The van der Waals surface area contributed by atoms with E-state index >= 15 is 0 Å². The van der Waals surface area contributed by atoms with Crippen LogP contribution in [0.25, 0.3) is 0 Å². The van der Waals surface area contributed by atoms with Crippen LogP contribution in [0.2, 0.25) is 0 Å². The highest BCUT2D eigenvalue weighted by Crippen LogP contribution is 2.49. The van der Waals surface area contributed by atoms with Gasteiger partial charge in [-0.1, -0.05) is 12.1 Å². The third-order valence-electron chi connectivity index (χ3n) is 5.05. The third kappa shape index (κ3) is 1.53. The zero-order chi connectivity index (χ0) is 13.7. The maximum atomic E-state index is 12.2. The summed E-state index contributed by atoms with van der Waals surface area (Å²) in [6.07, 6.45) is 4.10. The Morgan fingerprint density at radius 2 is 2.16 bits per heavy atom. The molecule has 2 fully saturated rings. The molecule has 0 unspecified atom stereocenters. The maximum absolute atomic E-state index is 12.2. The monoisotopic (exact) mass is 263 g/mol. The van der Waals surface area contributed by atoms with Crippen molar-refractivity contribution in [2.45, 2.75) is 52.5 Å². The molecule has 1 heterocycles. The first-order valence-electron chi connectivity index (χ1n) is 7.11. The van der Waals surface area contributed by atoms with Gasteiger partial charge in [-0.25, -0.2) is 9.30 Å². The number of aromatic nitrogens is 2. The van der Waals surface area contributed by atoms with E-state index in [0.29, 0.717) is 18.3 Å². The molecule has 2 aliphatic rings. The van der Waals surface area contributed by atoms with Crippen LogP contribution in [0.15, 0.2) is 5.16 Å². The molecule has 0 spiro atoms. The van der Waals surface area contributed by atoms with Crippen LogP contribution in [-0.4, -0.2) is 15.5 Å². The number of imidazole rings is 1. The van der Waals surface area contributed by atoms with Gasteiger partial charge in [0.1, 0.15) is 23.1 Å². The molecule has 1 aromatic heterocycles. The van der Waals surface area contributed by atoms with Crippen LogP contribution >= 0.6 is 0 Å². The van der Waals surface area contributed by atoms with E-state index in [1.54, 1.807) is 0 Å². The van der Waals surface area contributed by atoms with Crippen molar-refractivity contribution in [3.8, 4) is 0 Å². The molecular weight excluding hydrogens is 242 g/mol. The SMILES string of the molecule is CCc1n([C@@H]2/C(=N\O)[C@H]3CC[C@H]2C3)c(C)c(C)[n+]1[O-]. The van der Waals surface area contributed by atoms with Crippen molar-refractivity contribution in [1.29, 1.82) is 0 Å². The molecular formula is C14H21N3O2. The second kappa shape index (κ2) is 4.25. The smallest absolute Gasteiger partial charge is 0.260 e. The summed E-state index contributed by atoms with van der Waals surface area (Å²) >= 11 is 0. The number of nitrogens with zero attached hydrogens (tertiary/aromatic N) is 3. The quantitative estimate of drug-likeness (QED) is 0.384. The standard InChI is InChI=1S/C14H21N3O2/c1-4-12-16(8(2)9(3)17(12)19)14-11-6-5-10(7-11)13(14)15-18/h10-11,14,18H,4-7H2,1-3H3/b15-13-/t10-,11-,14-/m0/s1. The van der Waals surface area contributed by atoms with Crippen LogP contribution in [0.5, 0.6) is 0 Å². The van der Waals surface area contributed by atoms with Crippen LogP contribution in [0.4, 0.5) is 0 Å². The highest BCUT2D eigenvalue weighted by molar-refractivity contribution is 5.93. The Bertz CT molecular complexity index is 547. The molecule has 3 rings (SSSR count). The lowest BCUT2D eigenvalue weighted by Crippen LogP contribution is -2.35. The molecule has 104 valence electrons. The van der Waals surface area contributed by atoms with Gasteiger partial charge in [0.05, 0.1) is 0 Å². The predicted molar refractivity (Wildman–Crippen MR) is 71.3 cm³/mol. The fourth-order valence-electron chi connectivity index (χ4n) is 4.03. The second-order valence-electron chi connectivity index (χ2n) is 5.84. The average molecular weight is 263 g/mol. The molecule has 19 heavy (non-hydrogen) atoms. The van der Waals surface area contributed by atoms with Gasteiger partial charge in [0, 0.05) is 32.1 Å². The lowest BCUT2D eigenvalue weighted by atomic mass is 9.92. The van der Waals surface area contributed by atoms with E-state index in [0.717, 1.165) is 40.5 Å². The number of fused-ring (bicyclic) bond motifs is 2. The molecule has 2 bridgehead atoms. The summed E-state index contributed by atoms with van der Waals surface area (Å²) in [6.45, 7) is 5.85. The number of rotatable bonds is 2. The van der Waals surface area contributed by atoms with Crippen LogP contribution in [-0.2, 0) is 6.42 Å². The summed E-state index contributed by atoms with van der Waals surface area (Å²) in [5.41, 5.74) is 2.65. The first kappa shape index (κ1) is 12.5. The van der Waals surface area contributed by atoms with Gasteiger partial charge in [-0.15, -0.1) is 0 Å². The molecule has 5 nitrogen and oxygen atoms in total. The number of hydrogen-bond acceptors (Lipinski definition) is 3. The van der Waals surface area contributed by atoms with Crippen molar-refractivity contribution >= 4 is 5.71 Å². The van der Waals surface area contributed by atoms with Crippen molar-refractivity contribution in [3.05, 3.63) is 22.4 Å². The van der Waals surface area contributed by atoms with Crippen LogP contribution in [0.1, 0.15) is 49.4 Å². The third-order valence-corrected chi connectivity index (χ3v) is 5.05. The highest BCUT2D eigenvalue weighted by Gasteiger charge is 2.50. The van der Waals surface area contributed by atoms with Crippen LogP contribution in [0, 0.1) is 30.9 Å². The Morgan fingerprint density at radius 1 is 1.42 bits per heavy atom. The molecule has 0 amide bonds. The molecule has 1 N–H and O–H groups in total. The normalized spacial score (nSPS) is 31.5. The van der Waals surface area contributed by atoms with Crippen molar-refractivity contribution in [1.82, 2.24) is 4.57 Å². The van der Waals surface area contributed by atoms with Crippen molar-refractivity contribution in [3.63, 3.8) is 0 Å². The van der Waals surface area contributed by atoms with E-state index in [2.05, 4.69) is 9.72 Å². The van der Waals surface area contributed by atoms with Crippen molar-refractivity contribution < 1.29 is 9.94 Å². The van der Waals surface area contributed by atoms with Gasteiger partial charge in [0.25, 0.3) is 5.82 Å². The van der Waals surface area contributed by atoms with E-state index in [4.69, 9.17) is 0 Å². The summed E-state index contributed by atoms with van der Waals surface area (Å²) in [4.78, 5) is 0. The highest BCUT2D eigenvalue weighted by atomic mass is 16.5. The average Bonchev–Trinajstić information content (AvgIpc) is 3.06. The molecule has 0 aromatic carbocycles. The maximum Gasteiger partial charge on any atom is 0.260 e. The van der Waals surface area contributed by atoms with E-state index in [9.17, 15) is 10.4 Å². The van der Waals surface area contributed by atoms with Crippen molar-refractivity contribution in [2.75, 3.05) is 0 Å². The number of oxime groups is 1. The molecule has 0 radical (unpaired) electrons. The summed E-state index contributed by atoms with van der Waals surface area (Å²) in [7, 11) is 0. The first-order valence-corrected chi connectivity index (χ1v) is 7.11. The summed E-state index contributed by atoms with van der Waals surface area (Å²) in [6, 6.07) is 0.0904. The zero-order valence-corrected chi connectivity index (χ0v) is 11.8. The Morgan fingerprint density at radius 3 is 2.79 bits per heavy atom. The summed E-state index contributed by atoms with van der Waals surface area (Å²) < 4.78 is 3.16. The van der Waals surface area contributed by atoms with Gasteiger partial charge in [0.15, 0.2) is 0 Å². The molecule has 5 heteroatoms. The Hall–Kier alpha value is -1.52.